The highest BCUT2D eigenvalue weighted by molar-refractivity contribution is 7.95. The third kappa shape index (κ3) is 4.15. The summed E-state index contributed by atoms with van der Waals surface area (Å²) < 4.78 is 0. The van der Waals surface area contributed by atoms with Gasteiger partial charge < -0.3 is 17.0 Å². The first kappa shape index (κ1) is 22.5. The van der Waals surface area contributed by atoms with Crippen LogP contribution in [0.25, 0.3) is 0 Å². The van der Waals surface area contributed by atoms with Crippen molar-refractivity contribution in [3.8, 4) is 0 Å². The topological polar surface area (TPSA) is 0 Å². The fourth-order valence-electron chi connectivity index (χ4n) is 4.21. The molecule has 4 aromatic rings. The van der Waals surface area contributed by atoms with Gasteiger partial charge in [0.1, 0.15) is 23.2 Å². The van der Waals surface area contributed by atoms with E-state index in [1.165, 1.54) is 38.2 Å². The molecule has 0 aliphatic heterocycles. The maximum Gasteiger partial charge on any atom is 0.116 e. The molecule has 0 aromatic heterocycles. The zero-order chi connectivity index (χ0) is 20.3. The quantitative estimate of drug-likeness (QED) is 0.390. The minimum absolute atomic E-state index is 0. The van der Waals surface area contributed by atoms with Crippen molar-refractivity contribution in [2.24, 2.45) is 0 Å². The highest BCUT2D eigenvalue weighted by atomic mass is 79.9. The maximum atomic E-state index is 2.35. The molecule has 2 heteroatoms. The molecule has 0 aliphatic carbocycles. The zero-order valence-electron chi connectivity index (χ0n) is 17.8. The van der Waals surface area contributed by atoms with Gasteiger partial charge in [-0.25, -0.2) is 0 Å². The average molecular weight is 475 g/mol. The van der Waals surface area contributed by atoms with Crippen LogP contribution >= 0.6 is 7.26 Å². The second-order valence-electron chi connectivity index (χ2n) is 7.77. The van der Waals surface area contributed by atoms with E-state index in [4.69, 9.17) is 0 Å². The minimum Gasteiger partial charge on any atom is -1.00 e. The molecule has 0 fully saturated rings. The van der Waals surface area contributed by atoms with Gasteiger partial charge in [0.15, 0.2) is 0 Å². The number of aryl methyl sites for hydroxylation is 1. The van der Waals surface area contributed by atoms with Crippen molar-refractivity contribution in [2.75, 3.05) is 0 Å². The van der Waals surface area contributed by atoms with Crippen molar-refractivity contribution in [1.82, 2.24) is 0 Å². The molecule has 152 valence electrons. The van der Waals surface area contributed by atoms with Gasteiger partial charge in [-0.05, 0) is 79.4 Å². The van der Waals surface area contributed by atoms with Crippen molar-refractivity contribution in [3.63, 3.8) is 0 Å². The molecular weight excluding hydrogens is 447 g/mol. The van der Waals surface area contributed by atoms with Crippen molar-refractivity contribution >= 4 is 23.2 Å². The summed E-state index contributed by atoms with van der Waals surface area (Å²) in [7, 11) is -1.84. The zero-order valence-corrected chi connectivity index (χ0v) is 20.3. The number of halogens is 1. The Labute approximate surface area is 192 Å². The van der Waals surface area contributed by atoms with Gasteiger partial charge in [-0.15, -0.1) is 0 Å². The summed E-state index contributed by atoms with van der Waals surface area (Å²) in [6.07, 6.45) is 1.04. The van der Waals surface area contributed by atoms with Crippen LogP contribution < -0.4 is 32.9 Å². The fraction of sp³-hybridized carbons (Fsp3) is 0.143. The molecule has 0 N–H and O–H groups in total. The molecule has 0 bridgehead atoms. The van der Waals surface area contributed by atoms with Gasteiger partial charge in [0, 0.05) is 0 Å². The molecule has 0 amide bonds. The first-order valence-corrected chi connectivity index (χ1v) is 12.2. The van der Waals surface area contributed by atoms with Crippen LogP contribution in [0, 0.1) is 20.8 Å². The van der Waals surface area contributed by atoms with Crippen LogP contribution in [0.4, 0.5) is 0 Å². The lowest BCUT2D eigenvalue weighted by Gasteiger charge is -2.28. The van der Waals surface area contributed by atoms with Gasteiger partial charge in [0.25, 0.3) is 0 Å². The van der Waals surface area contributed by atoms with Crippen molar-refractivity contribution in [1.29, 1.82) is 0 Å². The maximum absolute atomic E-state index is 2.35. The first-order valence-electron chi connectivity index (χ1n) is 10.2. The molecule has 0 aliphatic rings. The Morgan fingerprint density at radius 3 is 1.30 bits per heavy atom. The van der Waals surface area contributed by atoms with E-state index >= 15 is 0 Å². The SMILES string of the molecule is Cc1ccc(C[P+](c2ccccc2)(c2ccccc2)c2ccccc2)c(C)c1C.[Br-]. The van der Waals surface area contributed by atoms with Crippen molar-refractivity contribution in [2.45, 2.75) is 26.9 Å². The molecule has 0 saturated carbocycles. The molecular formula is C28H28BrP. The second kappa shape index (κ2) is 9.73. The number of hydrogen-bond acceptors (Lipinski definition) is 0. The summed E-state index contributed by atoms with van der Waals surface area (Å²) >= 11 is 0. The highest BCUT2D eigenvalue weighted by Gasteiger charge is 2.45. The van der Waals surface area contributed by atoms with E-state index in [2.05, 4.69) is 124 Å². The first-order chi connectivity index (χ1) is 14.1. The Morgan fingerprint density at radius 2 is 0.900 bits per heavy atom. The molecule has 0 radical (unpaired) electrons. The van der Waals surface area contributed by atoms with Crippen LogP contribution in [0.1, 0.15) is 22.3 Å². The van der Waals surface area contributed by atoms with Crippen LogP contribution in [0.3, 0.4) is 0 Å². The van der Waals surface area contributed by atoms with E-state index in [-0.39, 0.29) is 17.0 Å². The molecule has 4 aromatic carbocycles. The van der Waals surface area contributed by atoms with E-state index < -0.39 is 7.26 Å². The lowest BCUT2D eigenvalue weighted by atomic mass is 10.00. The van der Waals surface area contributed by atoms with Gasteiger partial charge in [-0.1, -0.05) is 66.7 Å². The Bertz CT molecular complexity index is 993. The van der Waals surface area contributed by atoms with E-state index in [9.17, 15) is 0 Å². The summed E-state index contributed by atoms with van der Waals surface area (Å²) in [6.45, 7) is 6.75. The molecule has 0 spiro atoms. The van der Waals surface area contributed by atoms with Gasteiger partial charge in [0.05, 0.1) is 6.16 Å². The Morgan fingerprint density at radius 1 is 0.500 bits per heavy atom. The Kier molecular flexibility index (Phi) is 7.29. The van der Waals surface area contributed by atoms with Gasteiger partial charge in [-0.3, -0.25) is 0 Å². The van der Waals surface area contributed by atoms with E-state index in [0.717, 1.165) is 6.16 Å². The highest BCUT2D eigenvalue weighted by Crippen LogP contribution is 2.58. The smallest absolute Gasteiger partial charge is 0.116 e. The lowest BCUT2D eigenvalue weighted by molar-refractivity contribution is -0.00000585. The summed E-state index contributed by atoms with van der Waals surface area (Å²) in [5.74, 6) is 0. The van der Waals surface area contributed by atoms with Gasteiger partial charge in [-0.2, -0.15) is 0 Å². The Balaban J connectivity index is 0.00000256. The second-order valence-corrected chi connectivity index (χ2v) is 11.3. The summed E-state index contributed by atoms with van der Waals surface area (Å²) in [6, 6.07) is 38.0. The Hall–Kier alpha value is -2.21. The minimum atomic E-state index is -1.84. The largest absolute Gasteiger partial charge is 1.00 e. The van der Waals surface area contributed by atoms with Crippen molar-refractivity contribution in [3.05, 3.63) is 125 Å². The fourth-order valence-corrected chi connectivity index (χ4v) is 8.55. The summed E-state index contributed by atoms with van der Waals surface area (Å²) in [5, 5.41) is 4.32. The molecule has 30 heavy (non-hydrogen) atoms. The monoisotopic (exact) mass is 474 g/mol. The van der Waals surface area contributed by atoms with Crippen LogP contribution in [-0.4, -0.2) is 0 Å². The number of benzene rings is 4. The molecule has 0 heterocycles. The molecule has 0 atom stereocenters. The summed E-state index contributed by atoms with van der Waals surface area (Å²) in [5.41, 5.74) is 5.67. The van der Waals surface area contributed by atoms with Gasteiger partial charge >= 0.3 is 0 Å². The molecule has 0 nitrogen and oxygen atoms in total. The van der Waals surface area contributed by atoms with Crippen LogP contribution in [0.5, 0.6) is 0 Å². The average Bonchev–Trinajstić information content (AvgIpc) is 2.79. The van der Waals surface area contributed by atoms with E-state index in [0.29, 0.717) is 0 Å². The standard InChI is InChI=1S/C28H28P.BrH/c1-22-19-20-25(24(3)23(22)2)21-29(26-13-7-4-8-14-26,27-15-9-5-10-16-27)28-17-11-6-12-18-28;/h4-20H,21H2,1-3H3;1H/q+1;/p-1. The molecule has 0 unspecified atom stereocenters. The number of hydrogen-bond donors (Lipinski definition) is 0. The van der Waals surface area contributed by atoms with Crippen LogP contribution in [-0.2, 0) is 6.16 Å². The third-order valence-electron chi connectivity index (χ3n) is 6.17. The van der Waals surface area contributed by atoms with Gasteiger partial charge in [0.2, 0.25) is 0 Å². The van der Waals surface area contributed by atoms with Crippen molar-refractivity contribution < 1.29 is 17.0 Å². The molecule has 4 rings (SSSR count). The van der Waals surface area contributed by atoms with Crippen LogP contribution in [0.15, 0.2) is 103 Å². The molecule has 0 saturated heterocycles. The van der Waals surface area contributed by atoms with Crippen LogP contribution in [0.2, 0.25) is 0 Å². The normalized spacial score (nSPS) is 11.0. The summed E-state index contributed by atoms with van der Waals surface area (Å²) in [4.78, 5) is 0. The van der Waals surface area contributed by atoms with E-state index in [1.54, 1.807) is 0 Å². The third-order valence-corrected chi connectivity index (χ3v) is 10.5. The lowest BCUT2D eigenvalue weighted by Crippen LogP contribution is -3.00. The predicted octanol–water partition coefficient (Wildman–Crippen LogP) is 3.11. The number of rotatable bonds is 5. The van der Waals surface area contributed by atoms with E-state index in [1.807, 2.05) is 0 Å². The predicted molar refractivity (Wildman–Crippen MR) is 130 cm³/mol.